The molecule has 96 valence electrons. The average Bonchev–Trinajstić information content (AvgIpc) is 2.81. The molecule has 0 saturated heterocycles. The smallest absolute Gasteiger partial charge is 0.159 e. The lowest BCUT2D eigenvalue weighted by atomic mass is 10.1. The lowest BCUT2D eigenvalue weighted by Gasteiger charge is -2.04. The van der Waals surface area contributed by atoms with E-state index in [2.05, 4.69) is 11.9 Å². The summed E-state index contributed by atoms with van der Waals surface area (Å²) in [6, 6.07) is 3.82. The Balaban J connectivity index is 2.21. The molecule has 0 aliphatic heterocycles. The van der Waals surface area contributed by atoms with Crippen LogP contribution in [0, 0.1) is 17.6 Å². The van der Waals surface area contributed by atoms with Gasteiger partial charge in [0.2, 0.25) is 0 Å². The molecular weight excluding hydrogens is 254 g/mol. The maximum atomic E-state index is 13.1. The molecule has 1 unspecified atom stereocenters. The Hall–Kier alpha value is -1.33. The molecule has 1 aromatic carbocycles. The largest absolute Gasteiger partial charge is 0.330 e. The highest BCUT2D eigenvalue weighted by atomic mass is 32.1. The van der Waals surface area contributed by atoms with Gasteiger partial charge in [-0.15, -0.1) is 11.3 Å². The van der Waals surface area contributed by atoms with Crippen LogP contribution in [0.1, 0.15) is 11.9 Å². The minimum absolute atomic E-state index is 0.369. The number of hydrogen-bond acceptors (Lipinski definition) is 3. The van der Waals surface area contributed by atoms with E-state index in [4.69, 9.17) is 5.73 Å². The molecule has 0 amide bonds. The molecule has 0 aliphatic rings. The van der Waals surface area contributed by atoms with Crippen LogP contribution in [-0.2, 0) is 6.42 Å². The van der Waals surface area contributed by atoms with Gasteiger partial charge in [0, 0.05) is 17.4 Å². The Labute approximate surface area is 108 Å². The number of aromatic nitrogens is 1. The molecule has 2 aromatic rings. The zero-order valence-corrected chi connectivity index (χ0v) is 10.8. The molecule has 0 fully saturated rings. The maximum absolute atomic E-state index is 13.1. The van der Waals surface area contributed by atoms with E-state index in [1.165, 1.54) is 23.5 Å². The standard InChI is InChI=1S/C13H14F2N2S/c1-8(6-16)4-13-17-12(7-18-13)9-2-3-10(14)11(15)5-9/h2-3,5,7-8H,4,6,16H2,1H3. The van der Waals surface area contributed by atoms with E-state index in [-0.39, 0.29) is 0 Å². The van der Waals surface area contributed by atoms with Gasteiger partial charge in [-0.1, -0.05) is 6.92 Å². The molecule has 1 heterocycles. The fourth-order valence-electron chi connectivity index (χ4n) is 1.57. The van der Waals surface area contributed by atoms with Crippen molar-refractivity contribution in [1.29, 1.82) is 0 Å². The number of rotatable bonds is 4. The molecule has 0 bridgehead atoms. The molecular formula is C13H14F2N2S. The summed E-state index contributed by atoms with van der Waals surface area (Å²) in [6.07, 6.45) is 0.810. The van der Waals surface area contributed by atoms with Crippen molar-refractivity contribution >= 4 is 11.3 Å². The van der Waals surface area contributed by atoms with Gasteiger partial charge in [-0.3, -0.25) is 0 Å². The molecule has 2 N–H and O–H groups in total. The van der Waals surface area contributed by atoms with Crippen molar-refractivity contribution in [3.05, 3.63) is 40.2 Å². The maximum Gasteiger partial charge on any atom is 0.159 e. The highest BCUT2D eigenvalue weighted by Gasteiger charge is 2.10. The van der Waals surface area contributed by atoms with Crippen LogP contribution >= 0.6 is 11.3 Å². The van der Waals surface area contributed by atoms with Gasteiger partial charge in [0.15, 0.2) is 11.6 Å². The first-order valence-corrected chi connectivity index (χ1v) is 6.58. The van der Waals surface area contributed by atoms with E-state index in [0.717, 1.165) is 17.5 Å². The van der Waals surface area contributed by atoms with Gasteiger partial charge in [0.25, 0.3) is 0 Å². The third-order valence-electron chi connectivity index (χ3n) is 2.69. The molecule has 2 nitrogen and oxygen atoms in total. The summed E-state index contributed by atoms with van der Waals surface area (Å²) in [6.45, 7) is 2.67. The average molecular weight is 268 g/mol. The first-order valence-electron chi connectivity index (χ1n) is 5.70. The Morgan fingerprint density at radius 1 is 1.33 bits per heavy atom. The Bertz CT molecular complexity index is 540. The van der Waals surface area contributed by atoms with Crippen LogP contribution in [0.15, 0.2) is 23.6 Å². The second-order valence-electron chi connectivity index (χ2n) is 4.30. The quantitative estimate of drug-likeness (QED) is 0.924. The van der Waals surface area contributed by atoms with Gasteiger partial charge in [0.1, 0.15) is 0 Å². The zero-order chi connectivity index (χ0) is 13.1. The van der Waals surface area contributed by atoms with E-state index in [9.17, 15) is 8.78 Å². The van der Waals surface area contributed by atoms with Gasteiger partial charge in [-0.25, -0.2) is 13.8 Å². The lowest BCUT2D eigenvalue weighted by Crippen LogP contribution is -2.12. The predicted molar refractivity (Wildman–Crippen MR) is 69.4 cm³/mol. The normalized spacial score (nSPS) is 12.7. The molecule has 1 atom stereocenters. The van der Waals surface area contributed by atoms with Gasteiger partial charge < -0.3 is 5.73 Å². The molecule has 0 spiro atoms. The number of benzene rings is 1. The Kier molecular flexibility index (Phi) is 4.04. The van der Waals surface area contributed by atoms with Crippen molar-refractivity contribution in [3.63, 3.8) is 0 Å². The highest BCUT2D eigenvalue weighted by molar-refractivity contribution is 7.09. The van der Waals surface area contributed by atoms with Crippen LogP contribution in [0.5, 0.6) is 0 Å². The SMILES string of the molecule is CC(CN)Cc1nc(-c2ccc(F)c(F)c2)cs1. The molecule has 0 saturated carbocycles. The number of hydrogen-bond donors (Lipinski definition) is 1. The number of nitrogens with two attached hydrogens (primary N) is 1. The van der Waals surface area contributed by atoms with Gasteiger partial charge in [-0.05, 0) is 30.7 Å². The second kappa shape index (κ2) is 5.54. The Morgan fingerprint density at radius 2 is 2.11 bits per heavy atom. The third kappa shape index (κ3) is 2.91. The summed E-state index contributed by atoms with van der Waals surface area (Å²) in [5.74, 6) is -1.32. The second-order valence-corrected chi connectivity index (χ2v) is 5.24. The van der Waals surface area contributed by atoms with Crippen LogP contribution in [0.25, 0.3) is 11.3 Å². The van der Waals surface area contributed by atoms with E-state index in [0.29, 0.717) is 23.7 Å². The molecule has 0 aliphatic carbocycles. The van der Waals surface area contributed by atoms with Gasteiger partial charge in [0.05, 0.1) is 10.7 Å². The monoisotopic (exact) mass is 268 g/mol. The summed E-state index contributed by atoms with van der Waals surface area (Å²) in [4.78, 5) is 4.41. The summed E-state index contributed by atoms with van der Waals surface area (Å²) in [5.41, 5.74) is 6.83. The van der Waals surface area contributed by atoms with Crippen molar-refractivity contribution in [2.45, 2.75) is 13.3 Å². The van der Waals surface area contributed by atoms with E-state index in [1.54, 1.807) is 0 Å². The van der Waals surface area contributed by atoms with E-state index in [1.807, 2.05) is 5.38 Å². The topological polar surface area (TPSA) is 38.9 Å². The minimum Gasteiger partial charge on any atom is -0.330 e. The molecule has 0 radical (unpaired) electrons. The van der Waals surface area contributed by atoms with Crippen LogP contribution in [0.4, 0.5) is 8.78 Å². The van der Waals surface area contributed by atoms with E-state index >= 15 is 0 Å². The van der Waals surface area contributed by atoms with Gasteiger partial charge in [-0.2, -0.15) is 0 Å². The van der Waals surface area contributed by atoms with Crippen molar-refractivity contribution < 1.29 is 8.78 Å². The van der Waals surface area contributed by atoms with Crippen molar-refractivity contribution in [2.24, 2.45) is 11.7 Å². The van der Waals surface area contributed by atoms with Crippen LogP contribution < -0.4 is 5.73 Å². The summed E-state index contributed by atoms with van der Waals surface area (Å²) in [7, 11) is 0. The third-order valence-corrected chi connectivity index (χ3v) is 3.56. The van der Waals surface area contributed by atoms with Crippen molar-refractivity contribution in [3.8, 4) is 11.3 Å². The van der Waals surface area contributed by atoms with Gasteiger partial charge >= 0.3 is 0 Å². The highest BCUT2D eigenvalue weighted by Crippen LogP contribution is 2.24. The fraction of sp³-hybridized carbons (Fsp3) is 0.308. The number of thiazole rings is 1. The summed E-state index contributed by atoms with van der Waals surface area (Å²) in [5, 5.41) is 2.82. The number of nitrogens with zero attached hydrogens (tertiary/aromatic N) is 1. The molecule has 2 rings (SSSR count). The fourth-order valence-corrected chi connectivity index (χ4v) is 2.54. The predicted octanol–water partition coefficient (Wildman–Crippen LogP) is 3.23. The van der Waals surface area contributed by atoms with Crippen LogP contribution in [-0.4, -0.2) is 11.5 Å². The van der Waals surface area contributed by atoms with Crippen molar-refractivity contribution in [1.82, 2.24) is 4.98 Å². The van der Waals surface area contributed by atoms with E-state index < -0.39 is 11.6 Å². The van der Waals surface area contributed by atoms with Crippen molar-refractivity contribution in [2.75, 3.05) is 6.54 Å². The van der Waals surface area contributed by atoms with Crippen LogP contribution in [0.2, 0.25) is 0 Å². The minimum atomic E-state index is -0.850. The number of halogens is 2. The lowest BCUT2D eigenvalue weighted by molar-refractivity contribution is 0.509. The molecule has 18 heavy (non-hydrogen) atoms. The summed E-state index contributed by atoms with van der Waals surface area (Å²) >= 11 is 1.52. The van der Waals surface area contributed by atoms with Crippen LogP contribution in [0.3, 0.4) is 0 Å². The summed E-state index contributed by atoms with van der Waals surface area (Å²) < 4.78 is 26.0. The first-order chi connectivity index (χ1) is 8.60. The first kappa shape index (κ1) is 13.1. The zero-order valence-electron chi connectivity index (χ0n) is 9.99. The Morgan fingerprint density at radius 3 is 2.78 bits per heavy atom. The molecule has 1 aromatic heterocycles. The molecule has 5 heteroatoms.